The van der Waals surface area contributed by atoms with Crippen LogP contribution < -0.4 is 5.32 Å². The largest absolute Gasteiger partial charge is 0.355 e. The van der Waals surface area contributed by atoms with Crippen molar-refractivity contribution in [3.05, 3.63) is 28.3 Å². The molecule has 0 aliphatic carbocycles. The van der Waals surface area contributed by atoms with E-state index in [4.69, 9.17) is 0 Å². The molecule has 9 heteroatoms. The number of rotatable bonds is 6. The Bertz CT molecular complexity index is 738. The Morgan fingerprint density at radius 1 is 1.45 bits per heavy atom. The number of hydrogen-bond donors (Lipinski definition) is 2. The number of nitro groups is 1. The summed E-state index contributed by atoms with van der Waals surface area (Å²) in [5.41, 5.74) is 1.08. The molecular weight excluding hydrogens is 284 g/mol. The molecule has 0 aliphatic heterocycles. The van der Waals surface area contributed by atoms with Crippen LogP contribution in [0, 0.1) is 10.1 Å². The average molecular weight is 298 g/mol. The van der Waals surface area contributed by atoms with Crippen molar-refractivity contribution in [3.63, 3.8) is 0 Å². The van der Waals surface area contributed by atoms with Gasteiger partial charge >= 0.3 is 0 Å². The number of nitrogens with zero attached hydrogens (tertiary/aromatic N) is 2. The van der Waals surface area contributed by atoms with E-state index in [0.717, 1.165) is 0 Å². The molecule has 0 spiro atoms. The highest BCUT2D eigenvalue weighted by atomic mass is 32.2. The summed E-state index contributed by atoms with van der Waals surface area (Å²) in [5, 5.41) is 13.5. The minimum absolute atomic E-state index is 0.0146. The molecule has 108 valence electrons. The maximum Gasteiger partial charge on any atom is 0.271 e. The van der Waals surface area contributed by atoms with Crippen molar-refractivity contribution in [2.75, 3.05) is 23.4 Å². The zero-order chi connectivity index (χ0) is 14.8. The first-order valence-electron chi connectivity index (χ1n) is 6.00. The van der Waals surface area contributed by atoms with Gasteiger partial charge in [-0.2, -0.15) is 0 Å². The minimum Gasteiger partial charge on any atom is -0.355 e. The summed E-state index contributed by atoms with van der Waals surface area (Å²) in [6.07, 6.45) is 0. The summed E-state index contributed by atoms with van der Waals surface area (Å²) >= 11 is 0. The van der Waals surface area contributed by atoms with E-state index < -0.39 is 14.8 Å². The second-order valence-electron chi connectivity index (χ2n) is 4.21. The molecule has 0 unspecified atom stereocenters. The van der Waals surface area contributed by atoms with E-state index >= 15 is 0 Å². The van der Waals surface area contributed by atoms with Gasteiger partial charge in [-0.15, -0.1) is 0 Å². The lowest BCUT2D eigenvalue weighted by atomic mass is 10.3. The molecule has 0 aliphatic rings. The predicted octanol–water partition coefficient (Wildman–Crippen LogP) is 1.32. The van der Waals surface area contributed by atoms with Crippen LogP contribution in [-0.4, -0.2) is 41.4 Å². The predicted molar refractivity (Wildman–Crippen MR) is 75.6 cm³/mol. The van der Waals surface area contributed by atoms with Crippen LogP contribution in [0.5, 0.6) is 0 Å². The van der Waals surface area contributed by atoms with E-state index in [9.17, 15) is 18.5 Å². The number of hydrogen-bond acceptors (Lipinski definition) is 6. The number of sulfone groups is 1. The fourth-order valence-electron chi connectivity index (χ4n) is 1.66. The molecule has 0 bridgehead atoms. The van der Waals surface area contributed by atoms with Gasteiger partial charge in [0.2, 0.25) is 5.95 Å². The number of nitrogens with one attached hydrogen (secondary N) is 2. The molecule has 2 aromatic rings. The molecule has 0 radical (unpaired) electrons. The van der Waals surface area contributed by atoms with Crippen molar-refractivity contribution >= 4 is 32.5 Å². The van der Waals surface area contributed by atoms with Gasteiger partial charge in [0.1, 0.15) is 0 Å². The number of H-pyrrole nitrogens is 1. The Hall–Kier alpha value is -2.16. The summed E-state index contributed by atoms with van der Waals surface area (Å²) in [5.74, 6) is 0.508. The number of fused-ring (bicyclic) bond motifs is 1. The third-order valence-corrected chi connectivity index (χ3v) is 4.53. The highest BCUT2D eigenvalue weighted by Crippen LogP contribution is 2.20. The zero-order valence-electron chi connectivity index (χ0n) is 10.8. The van der Waals surface area contributed by atoms with Crippen LogP contribution in [0.2, 0.25) is 0 Å². The van der Waals surface area contributed by atoms with Gasteiger partial charge in [-0.1, -0.05) is 6.92 Å². The summed E-state index contributed by atoms with van der Waals surface area (Å²) in [6, 6.07) is 4.29. The fourth-order valence-corrected chi connectivity index (χ4v) is 2.37. The van der Waals surface area contributed by atoms with E-state index in [1.165, 1.54) is 18.2 Å². The van der Waals surface area contributed by atoms with Crippen LogP contribution >= 0.6 is 0 Å². The van der Waals surface area contributed by atoms with Gasteiger partial charge in [-0.25, -0.2) is 13.4 Å². The molecule has 20 heavy (non-hydrogen) atoms. The summed E-state index contributed by atoms with van der Waals surface area (Å²) in [6.45, 7) is 1.83. The summed E-state index contributed by atoms with van der Waals surface area (Å²) in [7, 11) is -3.03. The molecule has 1 aromatic carbocycles. The highest BCUT2D eigenvalue weighted by molar-refractivity contribution is 7.91. The topological polar surface area (TPSA) is 118 Å². The molecule has 0 saturated heterocycles. The lowest BCUT2D eigenvalue weighted by Crippen LogP contribution is -2.17. The number of aromatic amines is 1. The van der Waals surface area contributed by atoms with Gasteiger partial charge in [-0.3, -0.25) is 10.1 Å². The smallest absolute Gasteiger partial charge is 0.271 e. The molecule has 8 nitrogen and oxygen atoms in total. The quantitative estimate of drug-likeness (QED) is 0.613. The lowest BCUT2D eigenvalue weighted by molar-refractivity contribution is -0.384. The Labute approximate surface area is 115 Å². The second-order valence-corrected chi connectivity index (χ2v) is 6.68. The van der Waals surface area contributed by atoms with Crippen LogP contribution in [0.4, 0.5) is 11.6 Å². The van der Waals surface area contributed by atoms with Crippen LogP contribution in [0.3, 0.4) is 0 Å². The van der Waals surface area contributed by atoms with E-state index in [1.54, 1.807) is 6.92 Å². The lowest BCUT2D eigenvalue weighted by Gasteiger charge is -2.02. The van der Waals surface area contributed by atoms with Crippen molar-refractivity contribution in [2.45, 2.75) is 6.92 Å². The molecule has 0 amide bonds. The third-order valence-electron chi connectivity index (χ3n) is 2.82. The molecule has 0 saturated carbocycles. The van der Waals surface area contributed by atoms with Crippen molar-refractivity contribution in [1.29, 1.82) is 0 Å². The van der Waals surface area contributed by atoms with Gasteiger partial charge in [0, 0.05) is 24.4 Å². The van der Waals surface area contributed by atoms with Gasteiger partial charge in [0.25, 0.3) is 5.69 Å². The SMILES string of the molecule is CCS(=O)(=O)CCNc1nc2ccc([N+](=O)[O-])cc2[nH]1. The molecule has 0 atom stereocenters. The van der Waals surface area contributed by atoms with Crippen LogP contribution in [0.25, 0.3) is 11.0 Å². The van der Waals surface area contributed by atoms with Gasteiger partial charge in [0.05, 0.1) is 21.7 Å². The number of nitro benzene ring substituents is 1. The minimum atomic E-state index is -3.03. The first-order chi connectivity index (χ1) is 9.41. The van der Waals surface area contributed by atoms with Crippen molar-refractivity contribution < 1.29 is 13.3 Å². The Balaban J connectivity index is 2.10. The number of aromatic nitrogens is 2. The number of anilines is 1. The standard InChI is InChI=1S/C11H14N4O4S/c1-2-20(18,19)6-5-12-11-13-9-4-3-8(15(16)17)7-10(9)14-11/h3-4,7H,2,5-6H2,1H3,(H2,12,13,14). The normalized spacial score (nSPS) is 11.7. The Morgan fingerprint density at radius 2 is 2.20 bits per heavy atom. The zero-order valence-corrected chi connectivity index (χ0v) is 11.6. The van der Waals surface area contributed by atoms with E-state index in [2.05, 4.69) is 15.3 Å². The van der Waals surface area contributed by atoms with Crippen molar-refractivity contribution in [2.24, 2.45) is 0 Å². The Morgan fingerprint density at radius 3 is 2.85 bits per heavy atom. The van der Waals surface area contributed by atoms with Crippen LogP contribution in [-0.2, 0) is 9.84 Å². The maximum atomic E-state index is 11.3. The molecule has 1 heterocycles. The molecule has 2 N–H and O–H groups in total. The summed E-state index contributed by atoms with van der Waals surface area (Å²) in [4.78, 5) is 17.2. The van der Waals surface area contributed by atoms with E-state index in [0.29, 0.717) is 17.0 Å². The van der Waals surface area contributed by atoms with Crippen LogP contribution in [0.15, 0.2) is 18.2 Å². The third kappa shape index (κ3) is 3.23. The van der Waals surface area contributed by atoms with Crippen molar-refractivity contribution in [3.8, 4) is 0 Å². The fraction of sp³-hybridized carbons (Fsp3) is 0.364. The first-order valence-corrected chi connectivity index (χ1v) is 7.82. The first kappa shape index (κ1) is 14.3. The van der Waals surface area contributed by atoms with Crippen molar-refractivity contribution in [1.82, 2.24) is 9.97 Å². The molecule has 1 aromatic heterocycles. The maximum absolute atomic E-state index is 11.3. The second kappa shape index (κ2) is 5.45. The monoisotopic (exact) mass is 298 g/mol. The van der Waals surface area contributed by atoms with E-state index in [-0.39, 0.29) is 23.7 Å². The van der Waals surface area contributed by atoms with Gasteiger partial charge in [0.15, 0.2) is 9.84 Å². The summed E-state index contributed by atoms with van der Waals surface area (Å²) < 4.78 is 22.7. The van der Waals surface area contributed by atoms with Gasteiger partial charge < -0.3 is 10.3 Å². The van der Waals surface area contributed by atoms with Crippen LogP contribution in [0.1, 0.15) is 6.92 Å². The van der Waals surface area contributed by atoms with Gasteiger partial charge in [-0.05, 0) is 6.07 Å². The number of benzene rings is 1. The van der Waals surface area contributed by atoms with E-state index in [1.807, 2.05) is 0 Å². The molecule has 0 fully saturated rings. The average Bonchev–Trinajstić information content (AvgIpc) is 2.79. The Kier molecular flexibility index (Phi) is 3.89. The molecule has 2 rings (SSSR count). The number of non-ortho nitro benzene ring substituents is 1. The number of imidazole rings is 1. The highest BCUT2D eigenvalue weighted by Gasteiger charge is 2.10. The molecular formula is C11H14N4O4S.